The Morgan fingerprint density at radius 3 is 2.38 bits per heavy atom. The Labute approximate surface area is 179 Å². The number of anilines is 1. The summed E-state index contributed by atoms with van der Waals surface area (Å²) in [6.45, 7) is 3.49. The molecule has 148 valence electrons. The minimum atomic E-state index is -0.786. The fourth-order valence-corrected chi connectivity index (χ4v) is 3.03. The van der Waals surface area contributed by atoms with Gasteiger partial charge in [-0.3, -0.25) is 9.59 Å². The van der Waals surface area contributed by atoms with Crippen LogP contribution in [0.3, 0.4) is 0 Å². The normalized spacial score (nSPS) is 11.6. The lowest BCUT2D eigenvalue weighted by atomic mass is 10.0. The molecule has 0 heterocycles. The number of nitrogens with one attached hydrogen (secondary N) is 1. The first-order valence-electron chi connectivity index (χ1n) is 8.98. The Morgan fingerprint density at radius 1 is 0.966 bits per heavy atom. The molecule has 0 aromatic heterocycles. The van der Waals surface area contributed by atoms with Crippen molar-refractivity contribution in [2.24, 2.45) is 0 Å². The minimum absolute atomic E-state index is 0.231. The van der Waals surface area contributed by atoms with Crippen LogP contribution in [0.2, 0.25) is 10.0 Å². The van der Waals surface area contributed by atoms with Gasteiger partial charge >= 0.3 is 0 Å². The fraction of sp³-hybridized carbons (Fsp3) is 0.130. The van der Waals surface area contributed by atoms with E-state index in [1.54, 1.807) is 67.6 Å². The second kappa shape index (κ2) is 9.12. The van der Waals surface area contributed by atoms with Crippen molar-refractivity contribution in [1.29, 1.82) is 0 Å². The van der Waals surface area contributed by atoms with Crippen molar-refractivity contribution in [3.05, 3.63) is 93.5 Å². The number of carbonyl (C=O) groups excluding carboxylic acids is 2. The van der Waals surface area contributed by atoms with Gasteiger partial charge in [0.25, 0.3) is 5.91 Å². The van der Waals surface area contributed by atoms with Crippen LogP contribution in [0.4, 0.5) is 5.69 Å². The zero-order chi connectivity index (χ0) is 21.0. The summed E-state index contributed by atoms with van der Waals surface area (Å²) in [6, 6.07) is 18.8. The average Bonchev–Trinajstić information content (AvgIpc) is 2.72. The number of amides is 1. The van der Waals surface area contributed by atoms with Crippen molar-refractivity contribution in [3.8, 4) is 5.75 Å². The summed E-state index contributed by atoms with van der Waals surface area (Å²) in [5, 5.41) is 3.80. The van der Waals surface area contributed by atoms with Crippen LogP contribution in [-0.2, 0) is 4.79 Å². The Balaban J connectivity index is 1.79. The lowest BCUT2D eigenvalue weighted by Crippen LogP contribution is -2.30. The summed E-state index contributed by atoms with van der Waals surface area (Å²) in [5.74, 6) is -0.0847. The van der Waals surface area contributed by atoms with Crippen molar-refractivity contribution >= 4 is 40.6 Å². The smallest absolute Gasteiger partial charge is 0.265 e. The standard InChI is InChI=1S/C23H19Cl2NO3/c1-14-12-18(9-10-20(14)25)29-15(2)23(28)26-21-11-8-17(24)13-19(21)22(27)16-6-4-3-5-7-16/h3-13,15H,1-2H3,(H,26,28). The van der Waals surface area contributed by atoms with E-state index in [1.165, 1.54) is 0 Å². The molecule has 0 aliphatic heterocycles. The van der Waals surface area contributed by atoms with E-state index in [2.05, 4.69) is 5.32 Å². The number of halogens is 2. The van der Waals surface area contributed by atoms with Crippen LogP contribution in [0, 0.1) is 6.92 Å². The Hall–Kier alpha value is -2.82. The van der Waals surface area contributed by atoms with E-state index in [1.807, 2.05) is 13.0 Å². The lowest BCUT2D eigenvalue weighted by Gasteiger charge is -2.17. The number of ether oxygens (including phenoxy) is 1. The van der Waals surface area contributed by atoms with Crippen LogP contribution >= 0.6 is 23.2 Å². The molecule has 0 saturated carbocycles. The number of carbonyl (C=O) groups is 2. The highest BCUT2D eigenvalue weighted by molar-refractivity contribution is 6.31. The highest BCUT2D eigenvalue weighted by Crippen LogP contribution is 2.25. The third-order valence-electron chi connectivity index (χ3n) is 4.33. The van der Waals surface area contributed by atoms with Crippen LogP contribution in [0.15, 0.2) is 66.7 Å². The maximum Gasteiger partial charge on any atom is 0.265 e. The number of ketones is 1. The molecular formula is C23H19Cl2NO3. The molecular weight excluding hydrogens is 409 g/mol. The molecule has 1 N–H and O–H groups in total. The van der Waals surface area contributed by atoms with E-state index in [9.17, 15) is 9.59 Å². The Bertz CT molecular complexity index is 1050. The third kappa shape index (κ3) is 5.17. The lowest BCUT2D eigenvalue weighted by molar-refractivity contribution is -0.122. The van der Waals surface area contributed by atoms with Gasteiger partial charge in [0, 0.05) is 21.2 Å². The number of aryl methyl sites for hydroxylation is 1. The molecule has 0 saturated heterocycles. The maximum atomic E-state index is 12.9. The van der Waals surface area contributed by atoms with Crippen molar-refractivity contribution in [1.82, 2.24) is 0 Å². The van der Waals surface area contributed by atoms with Gasteiger partial charge in [-0.15, -0.1) is 0 Å². The summed E-state index contributed by atoms with van der Waals surface area (Å²) in [6.07, 6.45) is -0.786. The van der Waals surface area contributed by atoms with Crippen molar-refractivity contribution in [2.75, 3.05) is 5.32 Å². The van der Waals surface area contributed by atoms with Crippen LogP contribution in [0.25, 0.3) is 0 Å². The number of rotatable bonds is 6. The molecule has 0 aliphatic rings. The zero-order valence-corrected chi connectivity index (χ0v) is 17.4. The Morgan fingerprint density at radius 2 is 1.69 bits per heavy atom. The van der Waals surface area contributed by atoms with E-state index in [-0.39, 0.29) is 11.7 Å². The predicted molar refractivity (Wildman–Crippen MR) is 116 cm³/mol. The van der Waals surface area contributed by atoms with Gasteiger partial charge in [-0.1, -0.05) is 53.5 Å². The number of hydrogen-bond acceptors (Lipinski definition) is 3. The van der Waals surface area contributed by atoms with E-state index >= 15 is 0 Å². The molecule has 0 spiro atoms. The molecule has 1 amide bonds. The van der Waals surface area contributed by atoms with Gasteiger partial charge in [0.15, 0.2) is 11.9 Å². The van der Waals surface area contributed by atoms with E-state index in [0.717, 1.165) is 5.56 Å². The first-order valence-corrected chi connectivity index (χ1v) is 9.73. The molecule has 0 bridgehead atoms. The van der Waals surface area contributed by atoms with Crippen LogP contribution < -0.4 is 10.1 Å². The van der Waals surface area contributed by atoms with Crippen molar-refractivity contribution in [2.45, 2.75) is 20.0 Å². The predicted octanol–water partition coefficient (Wildman–Crippen LogP) is 5.94. The second-order valence-corrected chi connectivity index (χ2v) is 7.39. The molecule has 1 unspecified atom stereocenters. The summed E-state index contributed by atoms with van der Waals surface area (Å²) in [4.78, 5) is 25.5. The molecule has 4 nitrogen and oxygen atoms in total. The molecule has 0 aliphatic carbocycles. The van der Waals surface area contributed by atoms with Crippen molar-refractivity contribution < 1.29 is 14.3 Å². The zero-order valence-electron chi connectivity index (χ0n) is 15.9. The van der Waals surface area contributed by atoms with Gasteiger partial charge in [0.1, 0.15) is 5.75 Å². The monoisotopic (exact) mass is 427 g/mol. The largest absolute Gasteiger partial charge is 0.481 e. The summed E-state index contributed by atoms with van der Waals surface area (Å²) >= 11 is 12.1. The fourth-order valence-electron chi connectivity index (χ4n) is 2.74. The average molecular weight is 428 g/mol. The molecule has 29 heavy (non-hydrogen) atoms. The number of hydrogen-bond donors (Lipinski definition) is 1. The maximum absolute atomic E-state index is 12.9. The highest BCUT2D eigenvalue weighted by Gasteiger charge is 2.20. The molecule has 1 atom stereocenters. The van der Waals surface area contributed by atoms with Crippen LogP contribution in [-0.4, -0.2) is 17.8 Å². The van der Waals surface area contributed by atoms with E-state index in [0.29, 0.717) is 32.6 Å². The van der Waals surface area contributed by atoms with Gasteiger partial charge in [-0.25, -0.2) is 0 Å². The van der Waals surface area contributed by atoms with E-state index in [4.69, 9.17) is 27.9 Å². The Kier molecular flexibility index (Phi) is 6.57. The third-order valence-corrected chi connectivity index (χ3v) is 4.99. The van der Waals surface area contributed by atoms with Crippen molar-refractivity contribution in [3.63, 3.8) is 0 Å². The highest BCUT2D eigenvalue weighted by atomic mass is 35.5. The van der Waals surface area contributed by atoms with E-state index < -0.39 is 6.10 Å². The number of benzene rings is 3. The molecule has 6 heteroatoms. The molecule has 0 radical (unpaired) electrons. The SMILES string of the molecule is Cc1cc(OC(C)C(=O)Nc2ccc(Cl)cc2C(=O)c2ccccc2)ccc1Cl. The first kappa shape index (κ1) is 20.9. The van der Waals surface area contributed by atoms with Gasteiger partial charge in [0.2, 0.25) is 0 Å². The second-order valence-electron chi connectivity index (χ2n) is 6.55. The molecule has 0 fully saturated rings. The van der Waals surface area contributed by atoms with Gasteiger partial charge < -0.3 is 10.1 Å². The van der Waals surface area contributed by atoms with Gasteiger partial charge in [0.05, 0.1) is 5.69 Å². The molecule has 3 aromatic carbocycles. The summed E-state index contributed by atoms with van der Waals surface area (Å²) in [5.41, 5.74) is 2.04. The quantitative estimate of drug-likeness (QED) is 0.495. The van der Waals surface area contributed by atoms with Gasteiger partial charge in [-0.2, -0.15) is 0 Å². The van der Waals surface area contributed by atoms with Gasteiger partial charge in [-0.05, 0) is 55.8 Å². The molecule has 3 rings (SSSR count). The summed E-state index contributed by atoms with van der Waals surface area (Å²) < 4.78 is 5.71. The molecule has 3 aromatic rings. The topological polar surface area (TPSA) is 55.4 Å². The first-order chi connectivity index (χ1) is 13.8. The van der Waals surface area contributed by atoms with Crippen LogP contribution in [0.5, 0.6) is 5.75 Å². The minimum Gasteiger partial charge on any atom is -0.481 e. The summed E-state index contributed by atoms with van der Waals surface area (Å²) in [7, 11) is 0. The van der Waals surface area contributed by atoms with Crippen LogP contribution in [0.1, 0.15) is 28.4 Å².